The molecule has 0 aromatic rings. The molecule has 0 N–H and O–H groups in total. The molecule has 0 aromatic heterocycles. The molecule has 0 saturated heterocycles. The zero-order valence-corrected chi connectivity index (χ0v) is 7.06. The summed E-state index contributed by atoms with van der Waals surface area (Å²) in [6.07, 6.45) is -3.99. The van der Waals surface area contributed by atoms with E-state index in [-0.39, 0.29) is 0 Å². The van der Waals surface area contributed by atoms with Gasteiger partial charge in [0.25, 0.3) is 5.91 Å². The highest BCUT2D eigenvalue weighted by molar-refractivity contribution is 9.10. The molecule has 0 bridgehead atoms. The molecule has 0 spiro atoms. The Kier molecular flexibility index (Phi) is 2.31. The quantitative estimate of drug-likeness (QED) is 0.591. The lowest BCUT2D eigenvalue weighted by Crippen LogP contribution is -2.37. The van der Waals surface area contributed by atoms with Crippen molar-refractivity contribution in [1.82, 2.24) is 0 Å². The number of amides is 1. The fraction of sp³-hybridized carbons (Fsp3) is 0.400. The number of hydrogen-bond donors (Lipinski definition) is 0. The van der Waals surface area contributed by atoms with E-state index in [1.165, 1.54) is 0 Å². The van der Waals surface area contributed by atoms with Crippen LogP contribution in [0.25, 0.3) is 0 Å². The first-order chi connectivity index (χ1) is 5.43. The Bertz CT molecular complexity index is 270. The standard InChI is InChI=1S/C5H2BrF3N2O/c6-2-3(5(7,8)9)10-1-11-4(2)12/h1-2H. The number of rotatable bonds is 0. The van der Waals surface area contributed by atoms with Crippen LogP contribution >= 0.6 is 15.9 Å². The Balaban J connectivity index is 2.98. The molecule has 1 amide bonds. The first-order valence-electron chi connectivity index (χ1n) is 2.78. The first kappa shape index (κ1) is 9.37. The van der Waals surface area contributed by atoms with E-state index < -0.39 is 22.6 Å². The van der Waals surface area contributed by atoms with Crippen molar-refractivity contribution in [2.24, 2.45) is 9.98 Å². The maximum atomic E-state index is 12.0. The van der Waals surface area contributed by atoms with Crippen molar-refractivity contribution in [3.8, 4) is 0 Å². The van der Waals surface area contributed by atoms with Crippen LogP contribution in [0.15, 0.2) is 9.98 Å². The van der Waals surface area contributed by atoms with Crippen molar-refractivity contribution in [1.29, 1.82) is 0 Å². The lowest BCUT2D eigenvalue weighted by atomic mass is 10.2. The van der Waals surface area contributed by atoms with Crippen LogP contribution in [0, 0.1) is 0 Å². The van der Waals surface area contributed by atoms with Crippen LogP contribution in [0.2, 0.25) is 0 Å². The molecule has 3 nitrogen and oxygen atoms in total. The summed E-state index contributed by atoms with van der Waals surface area (Å²) in [6.45, 7) is 0. The molecule has 0 radical (unpaired) electrons. The van der Waals surface area contributed by atoms with E-state index in [1.807, 2.05) is 0 Å². The van der Waals surface area contributed by atoms with Gasteiger partial charge >= 0.3 is 6.18 Å². The molecule has 0 aromatic carbocycles. The topological polar surface area (TPSA) is 41.8 Å². The van der Waals surface area contributed by atoms with Crippen molar-refractivity contribution in [3.05, 3.63) is 0 Å². The van der Waals surface area contributed by atoms with Gasteiger partial charge in [0, 0.05) is 0 Å². The molecule has 1 unspecified atom stereocenters. The van der Waals surface area contributed by atoms with E-state index in [0.29, 0.717) is 6.34 Å². The summed E-state index contributed by atoms with van der Waals surface area (Å²) in [6, 6.07) is 0. The Morgan fingerprint density at radius 2 is 2.08 bits per heavy atom. The van der Waals surface area contributed by atoms with Gasteiger partial charge in [-0.25, -0.2) is 9.98 Å². The van der Waals surface area contributed by atoms with Gasteiger partial charge < -0.3 is 0 Å². The summed E-state index contributed by atoms with van der Waals surface area (Å²) in [5.74, 6) is -0.891. The molecule has 1 atom stereocenters. The SMILES string of the molecule is O=C1N=CN=C(C(F)(F)F)C1Br. The third-order valence-corrected chi connectivity index (χ3v) is 1.95. The van der Waals surface area contributed by atoms with Gasteiger partial charge in [0.05, 0.1) is 0 Å². The molecule has 66 valence electrons. The van der Waals surface area contributed by atoms with E-state index in [0.717, 1.165) is 0 Å². The van der Waals surface area contributed by atoms with Crippen LogP contribution < -0.4 is 0 Å². The zero-order chi connectivity index (χ0) is 9.35. The Morgan fingerprint density at radius 3 is 2.50 bits per heavy atom. The molecule has 1 rings (SSSR count). The highest BCUT2D eigenvalue weighted by atomic mass is 79.9. The molecule has 1 aliphatic heterocycles. The number of hydrogen-bond acceptors (Lipinski definition) is 2. The number of aliphatic imine (C=N–C) groups is 2. The number of alkyl halides is 4. The van der Waals surface area contributed by atoms with Crippen LogP contribution in [-0.4, -0.2) is 29.0 Å². The van der Waals surface area contributed by atoms with Gasteiger partial charge in [-0.2, -0.15) is 13.2 Å². The normalized spacial score (nSPS) is 24.2. The molecule has 1 aliphatic rings. The molecule has 12 heavy (non-hydrogen) atoms. The van der Waals surface area contributed by atoms with Gasteiger partial charge in [0.15, 0.2) is 0 Å². The number of carbonyl (C=O) groups is 1. The Morgan fingerprint density at radius 1 is 1.50 bits per heavy atom. The number of nitrogens with zero attached hydrogens (tertiary/aromatic N) is 2. The summed E-state index contributed by atoms with van der Waals surface area (Å²) >= 11 is 2.54. The van der Waals surface area contributed by atoms with Crippen molar-refractivity contribution >= 4 is 33.9 Å². The summed E-state index contributed by atoms with van der Waals surface area (Å²) in [7, 11) is 0. The first-order valence-corrected chi connectivity index (χ1v) is 3.70. The molecule has 7 heteroatoms. The average Bonchev–Trinajstić information content (AvgIpc) is 1.92. The second kappa shape index (κ2) is 2.96. The summed E-state index contributed by atoms with van der Waals surface area (Å²) in [5.41, 5.74) is -1.16. The van der Waals surface area contributed by atoms with E-state index in [4.69, 9.17) is 0 Å². The monoisotopic (exact) mass is 242 g/mol. The van der Waals surface area contributed by atoms with Crippen LogP contribution in [0.5, 0.6) is 0 Å². The van der Waals surface area contributed by atoms with Gasteiger partial charge in [-0.15, -0.1) is 0 Å². The predicted octanol–water partition coefficient (Wildman–Crippen LogP) is 1.32. The maximum absolute atomic E-state index is 12.0. The molecule has 1 heterocycles. The van der Waals surface area contributed by atoms with E-state index in [1.54, 1.807) is 0 Å². The molecule has 0 aliphatic carbocycles. The zero-order valence-electron chi connectivity index (χ0n) is 5.47. The van der Waals surface area contributed by atoms with Crippen molar-refractivity contribution in [2.45, 2.75) is 11.0 Å². The van der Waals surface area contributed by atoms with Gasteiger partial charge in [-0.05, 0) is 0 Å². The average molecular weight is 243 g/mol. The van der Waals surface area contributed by atoms with Crippen molar-refractivity contribution in [3.63, 3.8) is 0 Å². The predicted molar refractivity (Wildman–Crippen MR) is 39.7 cm³/mol. The van der Waals surface area contributed by atoms with E-state index in [2.05, 4.69) is 25.9 Å². The molecule has 0 saturated carbocycles. The van der Waals surface area contributed by atoms with Crippen LogP contribution in [0.1, 0.15) is 0 Å². The van der Waals surface area contributed by atoms with E-state index in [9.17, 15) is 18.0 Å². The second-order valence-corrected chi connectivity index (χ2v) is 2.87. The smallest absolute Gasteiger partial charge is 0.271 e. The second-order valence-electron chi connectivity index (χ2n) is 1.96. The van der Waals surface area contributed by atoms with Crippen molar-refractivity contribution < 1.29 is 18.0 Å². The highest BCUT2D eigenvalue weighted by Gasteiger charge is 2.43. The maximum Gasteiger partial charge on any atom is 0.431 e. The largest absolute Gasteiger partial charge is 0.431 e. The van der Waals surface area contributed by atoms with Crippen LogP contribution in [-0.2, 0) is 4.79 Å². The summed E-state index contributed by atoms with van der Waals surface area (Å²) < 4.78 is 36.0. The van der Waals surface area contributed by atoms with Crippen molar-refractivity contribution in [2.75, 3.05) is 0 Å². The minimum Gasteiger partial charge on any atom is -0.271 e. The van der Waals surface area contributed by atoms with Crippen LogP contribution in [0.4, 0.5) is 13.2 Å². The van der Waals surface area contributed by atoms with Crippen LogP contribution in [0.3, 0.4) is 0 Å². The number of halogens is 4. The molecular formula is C5H2BrF3N2O. The third-order valence-electron chi connectivity index (χ3n) is 1.13. The fourth-order valence-electron chi connectivity index (χ4n) is 0.613. The Hall–Kier alpha value is -0.720. The lowest BCUT2D eigenvalue weighted by molar-refractivity contribution is -0.117. The lowest BCUT2D eigenvalue weighted by Gasteiger charge is -2.14. The van der Waals surface area contributed by atoms with Gasteiger partial charge in [-0.1, -0.05) is 15.9 Å². The molecule has 0 fully saturated rings. The number of carbonyl (C=O) groups excluding carboxylic acids is 1. The third kappa shape index (κ3) is 1.71. The minimum absolute atomic E-state index is 0.600. The van der Waals surface area contributed by atoms with E-state index >= 15 is 0 Å². The summed E-state index contributed by atoms with van der Waals surface area (Å²) in [5, 5.41) is 0. The Labute approximate surface area is 73.5 Å². The minimum atomic E-state index is -4.59. The van der Waals surface area contributed by atoms with Gasteiger partial charge in [0.1, 0.15) is 16.9 Å². The summed E-state index contributed by atoms with van der Waals surface area (Å²) in [4.78, 5) is 15.2. The fourth-order valence-corrected chi connectivity index (χ4v) is 1.11. The van der Waals surface area contributed by atoms with Gasteiger partial charge in [0.2, 0.25) is 0 Å². The van der Waals surface area contributed by atoms with Gasteiger partial charge in [-0.3, -0.25) is 4.79 Å². The highest BCUT2D eigenvalue weighted by Crippen LogP contribution is 2.24. The molecular weight excluding hydrogens is 241 g/mol.